The summed E-state index contributed by atoms with van der Waals surface area (Å²) in [6.45, 7) is 5.42. The van der Waals surface area contributed by atoms with Crippen molar-refractivity contribution < 1.29 is 8.42 Å². The van der Waals surface area contributed by atoms with E-state index in [4.69, 9.17) is 0 Å². The van der Waals surface area contributed by atoms with Crippen molar-refractivity contribution in [1.82, 2.24) is 14.1 Å². The maximum absolute atomic E-state index is 12.4. The summed E-state index contributed by atoms with van der Waals surface area (Å²) in [6, 6.07) is 0. The Kier molecular flexibility index (Phi) is 3.27. The molecule has 1 aliphatic heterocycles. The maximum Gasteiger partial charge on any atom is 0.246 e. The zero-order valence-corrected chi connectivity index (χ0v) is 11.3. The molecule has 1 fully saturated rings. The highest BCUT2D eigenvalue weighted by Crippen LogP contribution is 2.26. The van der Waals surface area contributed by atoms with Gasteiger partial charge in [-0.15, -0.1) is 0 Å². The fourth-order valence-corrected chi connectivity index (χ4v) is 4.15. The summed E-state index contributed by atoms with van der Waals surface area (Å²) in [5.74, 6) is 0.843. The van der Waals surface area contributed by atoms with E-state index in [9.17, 15) is 8.42 Å². The first-order valence-corrected chi connectivity index (χ1v) is 7.32. The zero-order valence-electron chi connectivity index (χ0n) is 10.5. The largest absolute Gasteiger partial charge is 0.274 e. The highest BCUT2D eigenvalue weighted by Gasteiger charge is 2.32. The van der Waals surface area contributed by atoms with Crippen molar-refractivity contribution in [3.05, 3.63) is 12.4 Å². The molecule has 1 saturated heterocycles. The Morgan fingerprint density at radius 3 is 2.35 bits per heavy atom. The van der Waals surface area contributed by atoms with E-state index in [0.29, 0.717) is 29.8 Å². The summed E-state index contributed by atoms with van der Waals surface area (Å²) in [7, 11) is -1.63. The van der Waals surface area contributed by atoms with Crippen LogP contribution in [0.4, 0.5) is 0 Å². The Morgan fingerprint density at radius 1 is 1.29 bits per heavy atom. The lowest BCUT2D eigenvalue weighted by Crippen LogP contribution is -2.42. The van der Waals surface area contributed by atoms with Crippen LogP contribution in [0.3, 0.4) is 0 Å². The second-order valence-electron chi connectivity index (χ2n) is 5.12. The average Bonchev–Trinajstić information content (AvgIpc) is 2.64. The van der Waals surface area contributed by atoms with Gasteiger partial charge in [-0.3, -0.25) is 4.68 Å². The number of aromatic nitrogens is 2. The van der Waals surface area contributed by atoms with E-state index in [-0.39, 0.29) is 0 Å². The van der Waals surface area contributed by atoms with Crippen LogP contribution in [-0.4, -0.2) is 35.6 Å². The highest BCUT2D eigenvalue weighted by atomic mass is 32.2. The molecule has 2 rings (SSSR count). The SMILES string of the molecule is C[C@@H]1C[C@@H](C)CN(S(=O)(=O)c2cnn(C)c2)C1. The molecule has 0 spiro atoms. The van der Waals surface area contributed by atoms with E-state index in [1.165, 1.54) is 10.9 Å². The van der Waals surface area contributed by atoms with Crippen LogP contribution in [0.5, 0.6) is 0 Å². The molecule has 17 heavy (non-hydrogen) atoms. The highest BCUT2D eigenvalue weighted by molar-refractivity contribution is 7.89. The number of hydrogen-bond acceptors (Lipinski definition) is 3. The van der Waals surface area contributed by atoms with Gasteiger partial charge in [-0.25, -0.2) is 8.42 Å². The van der Waals surface area contributed by atoms with E-state index < -0.39 is 10.0 Å². The van der Waals surface area contributed by atoms with Crippen LogP contribution in [0.1, 0.15) is 20.3 Å². The van der Waals surface area contributed by atoms with Crippen molar-refractivity contribution >= 4 is 10.0 Å². The molecule has 0 unspecified atom stereocenters. The van der Waals surface area contributed by atoms with Gasteiger partial charge in [0.15, 0.2) is 0 Å². The minimum Gasteiger partial charge on any atom is -0.274 e. The number of rotatable bonds is 2. The second kappa shape index (κ2) is 4.42. The quantitative estimate of drug-likeness (QED) is 0.797. The van der Waals surface area contributed by atoms with E-state index in [1.807, 2.05) is 0 Å². The number of hydrogen-bond donors (Lipinski definition) is 0. The molecule has 1 aromatic rings. The van der Waals surface area contributed by atoms with E-state index in [1.54, 1.807) is 17.5 Å². The van der Waals surface area contributed by atoms with Crippen LogP contribution >= 0.6 is 0 Å². The smallest absolute Gasteiger partial charge is 0.246 e. The van der Waals surface area contributed by atoms with Gasteiger partial charge in [-0.1, -0.05) is 13.8 Å². The minimum absolute atomic E-state index is 0.293. The molecule has 0 saturated carbocycles. The normalized spacial score (nSPS) is 27.2. The first kappa shape index (κ1) is 12.6. The third-order valence-electron chi connectivity index (χ3n) is 3.15. The first-order chi connectivity index (χ1) is 7.89. The van der Waals surface area contributed by atoms with Crippen LogP contribution in [-0.2, 0) is 17.1 Å². The third kappa shape index (κ3) is 2.52. The summed E-state index contributed by atoms with van der Waals surface area (Å²) in [6.07, 6.45) is 4.07. The zero-order chi connectivity index (χ0) is 12.6. The van der Waals surface area contributed by atoms with Crippen molar-refractivity contribution in [1.29, 1.82) is 0 Å². The number of sulfonamides is 1. The van der Waals surface area contributed by atoms with Crippen molar-refractivity contribution in [2.45, 2.75) is 25.2 Å². The summed E-state index contributed by atoms with van der Waals surface area (Å²) < 4.78 is 27.8. The number of aryl methyl sites for hydroxylation is 1. The van der Waals surface area contributed by atoms with Gasteiger partial charge in [0.2, 0.25) is 10.0 Å². The van der Waals surface area contributed by atoms with Crippen molar-refractivity contribution in [2.75, 3.05) is 13.1 Å². The predicted molar refractivity (Wildman–Crippen MR) is 64.9 cm³/mol. The van der Waals surface area contributed by atoms with Crippen LogP contribution in [0.25, 0.3) is 0 Å². The van der Waals surface area contributed by atoms with E-state index in [0.717, 1.165) is 6.42 Å². The van der Waals surface area contributed by atoms with Gasteiger partial charge in [0.1, 0.15) is 4.90 Å². The average molecular weight is 257 g/mol. The Labute approximate surface area is 102 Å². The lowest BCUT2D eigenvalue weighted by Gasteiger charge is -2.33. The van der Waals surface area contributed by atoms with Gasteiger partial charge in [0.25, 0.3) is 0 Å². The van der Waals surface area contributed by atoms with Crippen molar-refractivity contribution in [2.24, 2.45) is 18.9 Å². The number of nitrogens with zero attached hydrogens (tertiary/aromatic N) is 3. The van der Waals surface area contributed by atoms with Gasteiger partial charge >= 0.3 is 0 Å². The molecular weight excluding hydrogens is 238 g/mol. The van der Waals surface area contributed by atoms with Crippen molar-refractivity contribution in [3.63, 3.8) is 0 Å². The molecule has 0 amide bonds. The minimum atomic E-state index is -3.36. The van der Waals surface area contributed by atoms with Gasteiger partial charge in [-0.05, 0) is 18.3 Å². The first-order valence-electron chi connectivity index (χ1n) is 5.88. The predicted octanol–water partition coefficient (Wildman–Crippen LogP) is 1.09. The number of piperidine rings is 1. The van der Waals surface area contributed by atoms with Gasteiger partial charge in [-0.2, -0.15) is 9.40 Å². The summed E-state index contributed by atoms with van der Waals surface area (Å²) in [5.41, 5.74) is 0. The summed E-state index contributed by atoms with van der Waals surface area (Å²) >= 11 is 0. The molecular formula is C11H19N3O2S. The molecule has 6 heteroatoms. The molecule has 96 valence electrons. The van der Waals surface area contributed by atoms with Gasteiger partial charge in [0, 0.05) is 26.3 Å². The molecule has 2 atom stereocenters. The Hall–Kier alpha value is -0.880. The molecule has 0 aliphatic carbocycles. The van der Waals surface area contributed by atoms with E-state index >= 15 is 0 Å². The monoisotopic (exact) mass is 257 g/mol. The van der Waals surface area contributed by atoms with Gasteiger partial charge < -0.3 is 0 Å². The lowest BCUT2D eigenvalue weighted by molar-refractivity contribution is 0.222. The molecule has 2 heterocycles. The Balaban J connectivity index is 2.26. The lowest BCUT2D eigenvalue weighted by atomic mass is 9.94. The third-order valence-corrected chi connectivity index (χ3v) is 4.94. The fraction of sp³-hybridized carbons (Fsp3) is 0.727. The Bertz CT molecular complexity index is 485. The van der Waals surface area contributed by atoms with Crippen LogP contribution < -0.4 is 0 Å². The molecule has 0 bridgehead atoms. The second-order valence-corrected chi connectivity index (χ2v) is 7.06. The van der Waals surface area contributed by atoms with E-state index in [2.05, 4.69) is 18.9 Å². The van der Waals surface area contributed by atoms with Crippen LogP contribution in [0, 0.1) is 11.8 Å². The standard InChI is InChI=1S/C11H19N3O2S/c1-9-4-10(2)7-14(6-9)17(15,16)11-5-12-13(3)8-11/h5,8-10H,4,6-7H2,1-3H3/t9-,10-/m1/s1. The summed E-state index contributed by atoms with van der Waals surface area (Å²) in [5, 5.41) is 3.93. The molecule has 5 nitrogen and oxygen atoms in total. The van der Waals surface area contributed by atoms with Crippen molar-refractivity contribution in [3.8, 4) is 0 Å². The molecule has 0 N–H and O–H groups in total. The van der Waals surface area contributed by atoms with Crippen LogP contribution in [0.2, 0.25) is 0 Å². The Morgan fingerprint density at radius 2 is 1.88 bits per heavy atom. The molecule has 1 aliphatic rings. The maximum atomic E-state index is 12.4. The van der Waals surface area contributed by atoms with Gasteiger partial charge in [0.05, 0.1) is 6.20 Å². The topological polar surface area (TPSA) is 55.2 Å². The summed E-state index contributed by atoms with van der Waals surface area (Å²) in [4.78, 5) is 0.293. The molecule has 0 aromatic carbocycles. The fourth-order valence-electron chi connectivity index (χ4n) is 2.48. The molecule has 1 aromatic heterocycles. The van der Waals surface area contributed by atoms with Crippen LogP contribution in [0.15, 0.2) is 17.3 Å². The molecule has 0 radical (unpaired) electrons.